The molecule has 1 aromatic rings. The molecule has 0 radical (unpaired) electrons. The van der Waals surface area contributed by atoms with Crippen LogP contribution in [-0.4, -0.2) is 33.4 Å². The third-order valence-electron chi connectivity index (χ3n) is 2.41. The van der Waals surface area contributed by atoms with Crippen molar-refractivity contribution in [1.29, 1.82) is 0 Å². The monoisotopic (exact) mass is 251 g/mol. The first kappa shape index (κ1) is 14.4. The van der Waals surface area contributed by atoms with Gasteiger partial charge in [0.25, 0.3) is 0 Å². The highest BCUT2D eigenvalue weighted by Crippen LogP contribution is 2.03. The van der Waals surface area contributed by atoms with Crippen LogP contribution in [0, 0.1) is 5.92 Å². The number of amides is 1. The zero-order valence-electron chi connectivity index (χ0n) is 11.1. The van der Waals surface area contributed by atoms with Gasteiger partial charge in [-0.1, -0.05) is 13.8 Å². The van der Waals surface area contributed by atoms with E-state index in [0.717, 1.165) is 5.56 Å². The number of aliphatic hydroxyl groups excluding tert-OH is 1. The van der Waals surface area contributed by atoms with Gasteiger partial charge in [-0.15, -0.1) is 0 Å². The van der Waals surface area contributed by atoms with Gasteiger partial charge >= 0.3 is 0 Å². The Morgan fingerprint density at radius 3 is 2.89 bits per heavy atom. The molecule has 1 atom stereocenters. The molecule has 0 aromatic carbocycles. The number of carbonyl (C=O) groups excluding carboxylic acids is 1. The molecule has 0 saturated carbocycles. The summed E-state index contributed by atoms with van der Waals surface area (Å²) in [6, 6.07) is 0. The van der Waals surface area contributed by atoms with E-state index in [2.05, 4.69) is 10.4 Å². The lowest BCUT2D eigenvalue weighted by molar-refractivity contribution is -0.116. The average Bonchev–Trinajstić information content (AvgIpc) is 2.69. The van der Waals surface area contributed by atoms with Crippen LogP contribution in [0.1, 0.15) is 25.8 Å². The van der Waals surface area contributed by atoms with E-state index in [-0.39, 0.29) is 12.5 Å². The summed E-state index contributed by atoms with van der Waals surface area (Å²) in [5.74, 6) is 0.212. The smallest absolute Gasteiger partial charge is 0.244 e. The molecule has 18 heavy (non-hydrogen) atoms. The fraction of sp³-hybridized carbons (Fsp3) is 0.538. The molecule has 0 aliphatic carbocycles. The molecule has 100 valence electrons. The van der Waals surface area contributed by atoms with Crippen molar-refractivity contribution in [3.05, 3.63) is 24.0 Å². The summed E-state index contributed by atoms with van der Waals surface area (Å²) in [5, 5.41) is 16.3. The fourth-order valence-electron chi connectivity index (χ4n) is 1.60. The van der Waals surface area contributed by atoms with Crippen molar-refractivity contribution in [2.45, 2.75) is 26.4 Å². The van der Waals surface area contributed by atoms with E-state index in [1.807, 2.05) is 27.1 Å². The van der Waals surface area contributed by atoms with E-state index in [9.17, 15) is 9.90 Å². The summed E-state index contributed by atoms with van der Waals surface area (Å²) in [5.41, 5.74) is 0.871. The summed E-state index contributed by atoms with van der Waals surface area (Å²) >= 11 is 0. The van der Waals surface area contributed by atoms with E-state index >= 15 is 0 Å². The summed E-state index contributed by atoms with van der Waals surface area (Å²) in [6.07, 6.45) is 6.83. The Morgan fingerprint density at radius 2 is 2.33 bits per heavy atom. The van der Waals surface area contributed by atoms with Crippen molar-refractivity contribution in [3.8, 4) is 0 Å². The highest BCUT2D eigenvalue weighted by molar-refractivity contribution is 5.91. The zero-order valence-corrected chi connectivity index (χ0v) is 11.1. The molecule has 2 N–H and O–H groups in total. The molecule has 5 heteroatoms. The maximum Gasteiger partial charge on any atom is 0.244 e. The van der Waals surface area contributed by atoms with Gasteiger partial charge in [-0.2, -0.15) is 5.10 Å². The van der Waals surface area contributed by atoms with Crippen LogP contribution in [0.15, 0.2) is 18.5 Å². The number of hydrogen-bond donors (Lipinski definition) is 2. The predicted octanol–water partition coefficient (Wildman–Crippen LogP) is 0.956. The molecule has 1 rings (SSSR count). The van der Waals surface area contributed by atoms with Crippen LogP contribution >= 0.6 is 0 Å². The van der Waals surface area contributed by atoms with Crippen LogP contribution in [0.4, 0.5) is 0 Å². The third kappa shape index (κ3) is 5.63. The summed E-state index contributed by atoms with van der Waals surface area (Å²) in [6.45, 7) is 4.36. The normalized spacial score (nSPS) is 13.2. The maximum atomic E-state index is 11.5. The molecule has 0 saturated heterocycles. The second-order valence-electron chi connectivity index (χ2n) is 4.81. The Labute approximate surface area is 108 Å². The number of hydrogen-bond acceptors (Lipinski definition) is 3. The largest absolute Gasteiger partial charge is 0.391 e. The van der Waals surface area contributed by atoms with Crippen LogP contribution in [-0.2, 0) is 11.8 Å². The lowest BCUT2D eigenvalue weighted by Gasteiger charge is -2.12. The molecule has 0 fully saturated rings. The van der Waals surface area contributed by atoms with E-state index in [1.54, 1.807) is 17.0 Å². The Bertz CT molecular complexity index is 410. The van der Waals surface area contributed by atoms with Gasteiger partial charge in [0.2, 0.25) is 5.91 Å². The Balaban J connectivity index is 2.31. The summed E-state index contributed by atoms with van der Waals surface area (Å²) < 4.78 is 1.67. The Kier molecular flexibility index (Phi) is 5.58. The van der Waals surface area contributed by atoms with Crippen molar-refractivity contribution in [1.82, 2.24) is 15.1 Å². The van der Waals surface area contributed by atoms with Crippen molar-refractivity contribution in [2.24, 2.45) is 13.0 Å². The van der Waals surface area contributed by atoms with E-state index in [4.69, 9.17) is 0 Å². The van der Waals surface area contributed by atoms with Gasteiger partial charge in [0, 0.05) is 31.4 Å². The molecule has 1 aromatic heterocycles. The van der Waals surface area contributed by atoms with Crippen molar-refractivity contribution in [3.63, 3.8) is 0 Å². The summed E-state index contributed by atoms with van der Waals surface area (Å²) in [7, 11) is 1.82. The number of aliphatic hydroxyl groups is 1. The minimum absolute atomic E-state index is 0.207. The van der Waals surface area contributed by atoms with Crippen molar-refractivity contribution < 1.29 is 9.90 Å². The second-order valence-corrected chi connectivity index (χ2v) is 4.81. The van der Waals surface area contributed by atoms with Crippen LogP contribution in [0.3, 0.4) is 0 Å². The van der Waals surface area contributed by atoms with Crippen molar-refractivity contribution >= 4 is 12.0 Å². The molecule has 0 spiro atoms. The number of carbonyl (C=O) groups is 1. The van der Waals surface area contributed by atoms with Gasteiger partial charge in [0.15, 0.2) is 0 Å². The van der Waals surface area contributed by atoms with Gasteiger partial charge in [0.1, 0.15) is 0 Å². The number of nitrogens with zero attached hydrogens (tertiary/aromatic N) is 2. The molecule has 5 nitrogen and oxygen atoms in total. The van der Waals surface area contributed by atoms with Crippen LogP contribution in [0.25, 0.3) is 6.08 Å². The average molecular weight is 251 g/mol. The van der Waals surface area contributed by atoms with Crippen LogP contribution in [0.2, 0.25) is 0 Å². The van der Waals surface area contributed by atoms with Crippen LogP contribution < -0.4 is 5.32 Å². The first-order valence-electron chi connectivity index (χ1n) is 6.10. The molecule has 1 unspecified atom stereocenters. The Morgan fingerprint density at radius 1 is 1.61 bits per heavy atom. The summed E-state index contributed by atoms with van der Waals surface area (Å²) in [4.78, 5) is 11.5. The topological polar surface area (TPSA) is 67.2 Å². The number of aryl methyl sites for hydroxylation is 1. The molecule has 1 heterocycles. The molecule has 0 bridgehead atoms. The van der Waals surface area contributed by atoms with Gasteiger partial charge in [-0.05, 0) is 18.4 Å². The molecular formula is C13H21N3O2. The second kappa shape index (κ2) is 6.96. The quantitative estimate of drug-likeness (QED) is 0.740. The SMILES string of the molecule is CC(C)CC(O)CNC(=O)/C=C/c1cnn(C)c1. The van der Waals surface area contributed by atoms with Gasteiger partial charge in [-0.25, -0.2) is 0 Å². The van der Waals surface area contributed by atoms with Crippen LogP contribution in [0.5, 0.6) is 0 Å². The fourth-order valence-corrected chi connectivity index (χ4v) is 1.60. The van der Waals surface area contributed by atoms with Crippen molar-refractivity contribution in [2.75, 3.05) is 6.54 Å². The molecular weight excluding hydrogens is 230 g/mol. The predicted molar refractivity (Wildman–Crippen MR) is 70.7 cm³/mol. The van der Waals surface area contributed by atoms with Gasteiger partial charge in [0.05, 0.1) is 12.3 Å². The van der Waals surface area contributed by atoms with E-state index in [1.165, 1.54) is 6.08 Å². The minimum atomic E-state index is -0.485. The zero-order chi connectivity index (χ0) is 13.5. The van der Waals surface area contributed by atoms with Gasteiger partial charge in [-0.3, -0.25) is 9.48 Å². The number of nitrogens with one attached hydrogen (secondary N) is 1. The number of rotatable bonds is 6. The highest BCUT2D eigenvalue weighted by atomic mass is 16.3. The molecule has 0 aliphatic heterocycles. The third-order valence-corrected chi connectivity index (χ3v) is 2.41. The van der Waals surface area contributed by atoms with E-state index < -0.39 is 6.10 Å². The highest BCUT2D eigenvalue weighted by Gasteiger charge is 2.07. The molecule has 0 aliphatic rings. The maximum absolute atomic E-state index is 11.5. The first-order chi connectivity index (χ1) is 8.47. The Hall–Kier alpha value is -1.62. The lowest BCUT2D eigenvalue weighted by Crippen LogP contribution is -2.31. The van der Waals surface area contributed by atoms with Gasteiger partial charge < -0.3 is 10.4 Å². The lowest BCUT2D eigenvalue weighted by atomic mass is 10.1. The molecule has 1 amide bonds. The minimum Gasteiger partial charge on any atom is -0.391 e. The number of aromatic nitrogens is 2. The standard InChI is InChI=1S/C13H21N3O2/c1-10(2)6-12(17)8-14-13(18)5-4-11-7-15-16(3)9-11/h4-5,7,9-10,12,17H,6,8H2,1-3H3,(H,14,18)/b5-4+. The first-order valence-corrected chi connectivity index (χ1v) is 6.10. The van der Waals surface area contributed by atoms with E-state index in [0.29, 0.717) is 12.3 Å².